The summed E-state index contributed by atoms with van der Waals surface area (Å²) in [7, 11) is 0. The maximum atomic E-state index is 5.32. The van der Waals surface area contributed by atoms with Crippen LogP contribution in [0.2, 0.25) is 0 Å². The Bertz CT molecular complexity index is 50.0. The van der Waals surface area contributed by atoms with Crippen molar-refractivity contribution in [2.75, 3.05) is 6.61 Å². The molecule has 1 aliphatic rings. The van der Waals surface area contributed by atoms with Gasteiger partial charge in [-0.2, -0.15) is 0 Å². The molecule has 0 amide bonds. The molecule has 2 radical (unpaired) electrons. The molecule has 2 heteroatoms. The van der Waals surface area contributed by atoms with Crippen LogP contribution in [0.3, 0.4) is 0 Å². The zero-order valence-electron chi connectivity index (χ0n) is 4.31. The molecule has 1 fully saturated rings. The van der Waals surface area contributed by atoms with Crippen LogP contribution < -0.4 is 0 Å². The Kier molecular flexibility index (Phi) is 2.46. The Balaban J connectivity index is 2.12. The standard InChI is InChI=1S/C5H9O.Sn/c1-2-4-6-5-3-1;/h4H,1-3,5H2;/q;+1. The molecule has 0 aromatic heterocycles. The van der Waals surface area contributed by atoms with Gasteiger partial charge in [0.15, 0.2) is 0 Å². The van der Waals surface area contributed by atoms with Crippen LogP contribution in [-0.4, -0.2) is 33.3 Å². The van der Waals surface area contributed by atoms with Crippen molar-refractivity contribution < 1.29 is 4.74 Å². The van der Waals surface area contributed by atoms with Crippen molar-refractivity contribution in [1.82, 2.24) is 0 Å². The van der Waals surface area contributed by atoms with Crippen molar-refractivity contribution in [3.63, 3.8) is 0 Å². The first-order chi connectivity index (χ1) is 3.39. The molecule has 1 atom stereocenters. The molecule has 1 saturated heterocycles. The van der Waals surface area contributed by atoms with Gasteiger partial charge < -0.3 is 0 Å². The molecular weight excluding hydrogens is 195 g/mol. The summed E-state index contributed by atoms with van der Waals surface area (Å²) in [6.07, 6.45) is 3.97. The van der Waals surface area contributed by atoms with Gasteiger partial charge in [0.2, 0.25) is 0 Å². The fraction of sp³-hybridized carbons (Fsp3) is 1.00. The van der Waals surface area contributed by atoms with Crippen molar-refractivity contribution in [1.29, 1.82) is 0 Å². The van der Waals surface area contributed by atoms with E-state index in [9.17, 15) is 0 Å². The van der Waals surface area contributed by atoms with E-state index in [0.717, 1.165) is 6.61 Å². The summed E-state index contributed by atoms with van der Waals surface area (Å²) in [5.41, 5.74) is 0. The van der Waals surface area contributed by atoms with Gasteiger partial charge in [-0.15, -0.1) is 0 Å². The van der Waals surface area contributed by atoms with Gasteiger partial charge in [0.1, 0.15) is 0 Å². The van der Waals surface area contributed by atoms with Gasteiger partial charge in [-0.1, -0.05) is 0 Å². The molecule has 0 bridgehead atoms. The zero-order valence-corrected chi connectivity index (χ0v) is 7.17. The third kappa shape index (κ3) is 2.00. The summed E-state index contributed by atoms with van der Waals surface area (Å²) in [5, 5.41) is 0. The molecule has 0 aromatic carbocycles. The number of hydrogen-bond acceptors (Lipinski definition) is 1. The SMILES string of the molecule is [Sn+][CH]1CCCCO1. The van der Waals surface area contributed by atoms with Crippen molar-refractivity contribution in [3.8, 4) is 0 Å². The molecule has 0 spiro atoms. The minimum atomic E-state index is 0.626. The first kappa shape index (κ1) is 5.89. The second kappa shape index (κ2) is 2.92. The molecule has 1 rings (SSSR count). The summed E-state index contributed by atoms with van der Waals surface area (Å²) in [5.74, 6) is 0. The molecule has 1 nitrogen and oxygen atoms in total. The number of hydrogen-bond donors (Lipinski definition) is 0. The van der Waals surface area contributed by atoms with Crippen molar-refractivity contribution >= 4 is 22.5 Å². The van der Waals surface area contributed by atoms with Crippen molar-refractivity contribution in [2.45, 2.75) is 23.4 Å². The molecular formula is C5H9OSn+. The van der Waals surface area contributed by atoms with E-state index in [-0.39, 0.29) is 0 Å². The van der Waals surface area contributed by atoms with E-state index >= 15 is 0 Å². The van der Waals surface area contributed by atoms with Crippen molar-refractivity contribution in [3.05, 3.63) is 0 Å². The summed E-state index contributed by atoms with van der Waals surface area (Å²) < 4.78 is 5.94. The summed E-state index contributed by atoms with van der Waals surface area (Å²) in [6, 6.07) is 0. The van der Waals surface area contributed by atoms with Gasteiger partial charge in [0.05, 0.1) is 0 Å². The van der Waals surface area contributed by atoms with Crippen LogP contribution >= 0.6 is 0 Å². The van der Waals surface area contributed by atoms with Gasteiger partial charge in [-0.05, 0) is 0 Å². The van der Waals surface area contributed by atoms with Gasteiger partial charge in [-0.3, -0.25) is 0 Å². The molecule has 0 aromatic rings. The zero-order chi connectivity index (χ0) is 5.11. The second-order valence-electron chi connectivity index (χ2n) is 1.86. The van der Waals surface area contributed by atoms with Gasteiger partial charge in [0.25, 0.3) is 0 Å². The van der Waals surface area contributed by atoms with Crippen LogP contribution in [0.1, 0.15) is 19.3 Å². The van der Waals surface area contributed by atoms with Gasteiger partial charge >= 0.3 is 57.3 Å². The molecule has 0 aliphatic carbocycles. The topological polar surface area (TPSA) is 9.23 Å². The third-order valence-electron chi connectivity index (χ3n) is 1.18. The van der Waals surface area contributed by atoms with Crippen LogP contribution in [0.15, 0.2) is 0 Å². The third-order valence-corrected chi connectivity index (χ3v) is 2.48. The van der Waals surface area contributed by atoms with E-state index in [0.29, 0.717) is 4.12 Å². The predicted molar refractivity (Wildman–Crippen MR) is 29.3 cm³/mol. The van der Waals surface area contributed by atoms with Crippen LogP contribution in [0.5, 0.6) is 0 Å². The molecule has 0 N–H and O–H groups in total. The first-order valence-corrected chi connectivity index (χ1v) is 4.37. The van der Waals surface area contributed by atoms with E-state index in [2.05, 4.69) is 0 Å². The number of ether oxygens (including phenoxy) is 1. The molecule has 1 heterocycles. The summed E-state index contributed by atoms with van der Waals surface area (Å²) >= 11 is 1.55. The van der Waals surface area contributed by atoms with Crippen LogP contribution in [0.4, 0.5) is 0 Å². The second-order valence-corrected chi connectivity index (χ2v) is 3.69. The molecule has 0 saturated carbocycles. The monoisotopic (exact) mass is 205 g/mol. The quantitative estimate of drug-likeness (QED) is 0.527. The van der Waals surface area contributed by atoms with E-state index < -0.39 is 0 Å². The normalized spacial score (nSPS) is 32.9. The minimum absolute atomic E-state index is 0.626. The number of rotatable bonds is 0. The van der Waals surface area contributed by atoms with Gasteiger partial charge in [-0.25, -0.2) is 0 Å². The maximum absolute atomic E-state index is 5.32. The average Bonchev–Trinajstić information content (AvgIpc) is 1.69. The van der Waals surface area contributed by atoms with E-state index in [4.69, 9.17) is 4.74 Å². The summed E-state index contributed by atoms with van der Waals surface area (Å²) in [6.45, 7) is 1.01. The Labute approximate surface area is 57.5 Å². The van der Waals surface area contributed by atoms with Crippen LogP contribution in [0, 0.1) is 0 Å². The predicted octanol–water partition coefficient (Wildman–Crippen LogP) is 0.681. The Morgan fingerprint density at radius 1 is 1.43 bits per heavy atom. The summed E-state index contributed by atoms with van der Waals surface area (Å²) in [4.78, 5) is 0. The average molecular weight is 204 g/mol. The van der Waals surface area contributed by atoms with E-state index in [1.165, 1.54) is 19.3 Å². The van der Waals surface area contributed by atoms with Crippen LogP contribution in [-0.2, 0) is 4.74 Å². The Hall–Kier alpha value is 0.759. The first-order valence-electron chi connectivity index (χ1n) is 2.72. The van der Waals surface area contributed by atoms with Crippen LogP contribution in [0.25, 0.3) is 0 Å². The van der Waals surface area contributed by atoms with E-state index in [1.807, 2.05) is 0 Å². The molecule has 7 heavy (non-hydrogen) atoms. The fourth-order valence-electron chi connectivity index (χ4n) is 0.741. The molecule has 1 aliphatic heterocycles. The molecule has 1 unspecified atom stereocenters. The molecule has 38 valence electrons. The van der Waals surface area contributed by atoms with Gasteiger partial charge in [0, 0.05) is 0 Å². The fourth-order valence-corrected chi connectivity index (χ4v) is 1.66. The Morgan fingerprint density at radius 2 is 2.29 bits per heavy atom. The Morgan fingerprint density at radius 3 is 2.57 bits per heavy atom. The van der Waals surface area contributed by atoms with E-state index in [1.54, 1.807) is 22.5 Å². The van der Waals surface area contributed by atoms with Crippen molar-refractivity contribution in [2.24, 2.45) is 0 Å².